The van der Waals surface area contributed by atoms with E-state index in [1.807, 2.05) is 28.9 Å². The summed E-state index contributed by atoms with van der Waals surface area (Å²) < 4.78 is 1.82. The fourth-order valence-electron chi connectivity index (χ4n) is 2.44. The lowest BCUT2D eigenvalue weighted by molar-refractivity contribution is -0.991. The van der Waals surface area contributed by atoms with Gasteiger partial charge in [-0.15, -0.1) is 10.2 Å². The van der Waals surface area contributed by atoms with Crippen molar-refractivity contribution >= 4 is 29.1 Å². The summed E-state index contributed by atoms with van der Waals surface area (Å²) in [7, 11) is 0. The van der Waals surface area contributed by atoms with Crippen LogP contribution < -0.4 is 10.7 Å². The molecule has 3 N–H and O–H groups in total. The Hall–Kier alpha value is -2.10. The Bertz CT molecular complexity index is 867. The highest BCUT2D eigenvalue weighted by molar-refractivity contribution is 7.99. The highest BCUT2D eigenvalue weighted by atomic mass is 35.5. The van der Waals surface area contributed by atoms with Crippen molar-refractivity contribution in [2.45, 2.75) is 10.5 Å². The molecule has 1 aromatic heterocycles. The molecule has 0 amide bonds. The monoisotopic (exact) mass is 361 g/mol. The first-order valence-electron chi connectivity index (χ1n) is 7.09. The number of nitrogens with zero attached hydrogens (tertiary/aromatic N) is 3. The molecule has 2 atom stereocenters. The molecule has 2 aromatic carbocycles. The van der Waals surface area contributed by atoms with Gasteiger partial charge in [0.15, 0.2) is 11.5 Å². The molecule has 1 unspecified atom stereocenters. The Morgan fingerprint density at radius 3 is 2.50 bits per heavy atom. The third-order valence-corrected chi connectivity index (χ3v) is 5.01. The molecule has 0 saturated heterocycles. The second kappa shape index (κ2) is 6.08. The quantitative estimate of drug-likeness (QED) is 0.620. The van der Waals surface area contributed by atoms with Crippen molar-refractivity contribution in [3.8, 4) is 11.4 Å². The Morgan fingerprint density at radius 2 is 1.83 bits per heavy atom. The second-order valence-electron chi connectivity index (χ2n) is 5.20. The van der Waals surface area contributed by atoms with Crippen molar-refractivity contribution in [1.29, 1.82) is 0 Å². The van der Waals surface area contributed by atoms with E-state index in [4.69, 9.17) is 16.8 Å². The lowest BCUT2D eigenvalue weighted by atomic mass is 10.2. The van der Waals surface area contributed by atoms with Gasteiger partial charge in [0.2, 0.25) is 5.16 Å². The summed E-state index contributed by atoms with van der Waals surface area (Å²) in [6, 6.07) is 14.2. The van der Waals surface area contributed by atoms with Crippen LogP contribution in [-0.4, -0.2) is 20.1 Å². The molecule has 4 rings (SSSR count). The standard InChI is InChI=1S/C15H12ClN5O2S/c16-11-5-1-10(2-6-11)14-19-20-13(17-18-15(20)24-14)9-3-7-12(8-4-9)21(22)23/h1-8,14,19,21-22H/t14-/m0/s1. The van der Waals surface area contributed by atoms with Gasteiger partial charge in [-0.1, -0.05) is 35.5 Å². The van der Waals surface area contributed by atoms with Crippen LogP contribution in [0.15, 0.2) is 53.7 Å². The number of fused-ring (bicyclic) bond motifs is 1. The smallest absolute Gasteiger partial charge is 0.212 e. The van der Waals surface area contributed by atoms with Gasteiger partial charge >= 0.3 is 0 Å². The average molecular weight is 362 g/mol. The number of aromatic nitrogens is 3. The third kappa shape index (κ3) is 2.74. The molecule has 9 heteroatoms. The number of thioether (sulfide) groups is 1. The fraction of sp³-hybridized carbons (Fsp3) is 0.0667. The first-order valence-corrected chi connectivity index (χ1v) is 8.35. The van der Waals surface area contributed by atoms with Gasteiger partial charge in [0.1, 0.15) is 5.37 Å². The molecular weight excluding hydrogens is 350 g/mol. The maximum absolute atomic E-state index is 11.0. The minimum atomic E-state index is -0.954. The predicted octanol–water partition coefficient (Wildman–Crippen LogP) is 2.35. The van der Waals surface area contributed by atoms with Crippen LogP contribution in [0.3, 0.4) is 0 Å². The average Bonchev–Trinajstić information content (AvgIpc) is 3.16. The number of rotatable bonds is 3. The van der Waals surface area contributed by atoms with Crippen LogP contribution in [0.25, 0.3) is 11.4 Å². The second-order valence-corrected chi connectivity index (χ2v) is 6.71. The summed E-state index contributed by atoms with van der Waals surface area (Å²) in [5.74, 6) is 0.644. The van der Waals surface area contributed by atoms with E-state index in [9.17, 15) is 5.21 Å². The zero-order chi connectivity index (χ0) is 16.7. The number of hydrogen-bond acceptors (Lipinski definition) is 6. The van der Waals surface area contributed by atoms with Crippen molar-refractivity contribution in [2.24, 2.45) is 0 Å². The molecule has 0 radical (unpaired) electrons. The molecule has 1 aliphatic rings. The van der Waals surface area contributed by atoms with Crippen LogP contribution in [0, 0.1) is 5.21 Å². The van der Waals surface area contributed by atoms with Gasteiger partial charge in [-0.05, 0) is 29.8 Å². The molecule has 7 nitrogen and oxygen atoms in total. The van der Waals surface area contributed by atoms with Crippen LogP contribution in [0.2, 0.25) is 5.02 Å². The van der Waals surface area contributed by atoms with Crippen molar-refractivity contribution in [2.75, 3.05) is 5.43 Å². The molecule has 3 aromatic rings. The lowest BCUT2D eigenvalue weighted by Gasteiger charge is -2.13. The highest BCUT2D eigenvalue weighted by Crippen LogP contribution is 2.40. The zero-order valence-electron chi connectivity index (χ0n) is 12.2. The Morgan fingerprint density at radius 1 is 1.12 bits per heavy atom. The van der Waals surface area contributed by atoms with Gasteiger partial charge in [0, 0.05) is 22.7 Å². The normalized spacial score (nSPS) is 17.4. The minimum absolute atomic E-state index is 0.0183. The van der Waals surface area contributed by atoms with E-state index in [1.54, 1.807) is 36.0 Å². The molecule has 0 fully saturated rings. The summed E-state index contributed by atoms with van der Waals surface area (Å²) in [5, 5.41) is 28.8. The van der Waals surface area contributed by atoms with E-state index in [0.717, 1.165) is 16.3 Å². The molecule has 122 valence electrons. The molecule has 0 spiro atoms. The number of halogens is 1. The van der Waals surface area contributed by atoms with E-state index in [0.29, 0.717) is 10.8 Å². The first-order chi connectivity index (χ1) is 11.6. The summed E-state index contributed by atoms with van der Waals surface area (Å²) in [5.41, 5.74) is 5.47. The Balaban J connectivity index is 1.61. The highest BCUT2D eigenvalue weighted by Gasteiger charge is 2.28. The molecule has 0 bridgehead atoms. The minimum Gasteiger partial charge on any atom is -0.595 e. The van der Waals surface area contributed by atoms with Crippen LogP contribution in [0.4, 0.5) is 5.69 Å². The van der Waals surface area contributed by atoms with Gasteiger partial charge in [-0.25, -0.2) is 9.88 Å². The third-order valence-electron chi connectivity index (χ3n) is 3.67. The van der Waals surface area contributed by atoms with Crippen LogP contribution >= 0.6 is 23.4 Å². The van der Waals surface area contributed by atoms with Crippen molar-refractivity contribution in [3.63, 3.8) is 0 Å². The topological polar surface area (TPSA) is 90.5 Å². The molecular formula is C15H12ClN5O2S. The molecule has 1 aliphatic heterocycles. The van der Waals surface area contributed by atoms with E-state index >= 15 is 0 Å². The molecule has 24 heavy (non-hydrogen) atoms. The van der Waals surface area contributed by atoms with Crippen LogP contribution in [0.1, 0.15) is 10.9 Å². The van der Waals surface area contributed by atoms with E-state index < -0.39 is 5.23 Å². The Labute approximate surface area is 146 Å². The Kier molecular flexibility index (Phi) is 3.91. The van der Waals surface area contributed by atoms with E-state index in [-0.39, 0.29) is 11.1 Å². The molecule has 0 saturated carbocycles. The van der Waals surface area contributed by atoms with Crippen molar-refractivity contribution < 1.29 is 10.4 Å². The van der Waals surface area contributed by atoms with Gasteiger partial charge in [-0.3, -0.25) is 0 Å². The lowest BCUT2D eigenvalue weighted by Crippen LogP contribution is -2.99. The number of hydrogen-bond donors (Lipinski definition) is 3. The van der Waals surface area contributed by atoms with E-state index in [1.165, 1.54) is 0 Å². The molecule has 2 heterocycles. The maximum atomic E-state index is 11.0. The number of nitrogens with one attached hydrogen (secondary N) is 2. The fourth-order valence-corrected chi connectivity index (χ4v) is 3.56. The first kappa shape index (κ1) is 15.4. The van der Waals surface area contributed by atoms with E-state index in [2.05, 4.69) is 15.6 Å². The van der Waals surface area contributed by atoms with Crippen LogP contribution in [0.5, 0.6) is 0 Å². The summed E-state index contributed by atoms with van der Waals surface area (Å²) in [6.07, 6.45) is 0. The van der Waals surface area contributed by atoms with Gasteiger partial charge < -0.3 is 10.6 Å². The van der Waals surface area contributed by atoms with Gasteiger partial charge in [0.25, 0.3) is 0 Å². The molecule has 0 aliphatic carbocycles. The van der Waals surface area contributed by atoms with Crippen molar-refractivity contribution in [1.82, 2.24) is 14.9 Å². The number of quaternary nitrogens is 1. The van der Waals surface area contributed by atoms with Gasteiger partial charge in [0.05, 0.1) is 0 Å². The maximum Gasteiger partial charge on any atom is 0.212 e. The SMILES string of the molecule is [O-][NH+](O)c1ccc(-c2nnc3n2N[C@H](c2ccc(Cl)cc2)S3)cc1. The zero-order valence-corrected chi connectivity index (χ0v) is 13.8. The van der Waals surface area contributed by atoms with Crippen LogP contribution in [-0.2, 0) is 0 Å². The summed E-state index contributed by atoms with van der Waals surface area (Å²) in [4.78, 5) is 0. The summed E-state index contributed by atoms with van der Waals surface area (Å²) in [6.45, 7) is 0. The largest absolute Gasteiger partial charge is 0.595 e. The predicted molar refractivity (Wildman–Crippen MR) is 90.6 cm³/mol. The summed E-state index contributed by atoms with van der Waals surface area (Å²) >= 11 is 7.49. The number of benzene rings is 2. The van der Waals surface area contributed by atoms with Gasteiger partial charge in [-0.2, -0.15) is 5.23 Å². The van der Waals surface area contributed by atoms with Crippen molar-refractivity contribution in [3.05, 3.63) is 64.3 Å².